The number of aromatic nitrogens is 1. The van der Waals surface area contributed by atoms with Gasteiger partial charge in [0.05, 0.1) is 0 Å². The van der Waals surface area contributed by atoms with E-state index in [0.29, 0.717) is 0 Å². The lowest BCUT2D eigenvalue weighted by molar-refractivity contribution is 0.554. The van der Waals surface area contributed by atoms with Gasteiger partial charge in [0, 0.05) is 15.4 Å². The molecule has 3 aromatic rings. The van der Waals surface area contributed by atoms with Gasteiger partial charge in [-0.05, 0) is 40.2 Å². The maximum atomic E-state index is 5.49. The molecule has 3 rings (SSSR count). The van der Waals surface area contributed by atoms with Crippen LogP contribution >= 0.6 is 43.2 Å². The molecule has 2 aromatic heterocycles. The number of furan rings is 1. The van der Waals surface area contributed by atoms with Crippen LogP contribution in [-0.4, -0.2) is 4.98 Å². The largest absolute Gasteiger partial charge is 0.448 e. The summed E-state index contributed by atoms with van der Waals surface area (Å²) in [6, 6.07) is 11.9. The summed E-state index contributed by atoms with van der Waals surface area (Å²) in [7, 11) is 0. The summed E-state index contributed by atoms with van der Waals surface area (Å²) in [5.74, 6) is 0.779. The van der Waals surface area contributed by atoms with E-state index in [0.717, 1.165) is 31.2 Å². The van der Waals surface area contributed by atoms with Crippen LogP contribution in [0, 0.1) is 0 Å². The fourth-order valence-electron chi connectivity index (χ4n) is 1.56. The fraction of sp³-hybridized carbons (Fsp3) is 0. The van der Waals surface area contributed by atoms with Gasteiger partial charge in [-0.3, -0.25) is 0 Å². The van der Waals surface area contributed by atoms with Gasteiger partial charge in [-0.2, -0.15) is 0 Å². The fourth-order valence-corrected chi connectivity index (χ4v) is 2.95. The molecule has 2 heterocycles. The van der Waals surface area contributed by atoms with Crippen LogP contribution in [0.2, 0.25) is 0 Å². The molecule has 0 fully saturated rings. The van der Waals surface area contributed by atoms with Gasteiger partial charge in [0.1, 0.15) is 10.7 Å². The van der Waals surface area contributed by atoms with Gasteiger partial charge in [0.2, 0.25) is 0 Å². The Hall–Kier alpha value is -0.910. The third-order valence-corrected chi connectivity index (χ3v) is 4.27. The molecule has 0 amide bonds. The molecule has 0 saturated carbocycles. The molecule has 0 aliphatic heterocycles. The molecule has 0 N–H and O–H groups in total. The second kappa shape index (κ2) is 4.99. The maximum Gasteiger partial charge on any atom is 0.169 e. The average molecular weight is 385 g/mol. The average Bonchev–Trinajstić information content (AvgIpc) is 2.98. The molecular weight excluding hydrogens is 378 g/mol. The number of thiazole rings is 1. The number of halogens is 2. The van der Waals surface area contributed by atoms with E-state index >= 15 is 0 Å². The third kappa shape index (κ3) is 2.43. The lowest BCUT2D eigenvalue weighted by atomic mass is 10.2. The van der Waals surface area contributed by atoms with Crippen LogP contribution in [0.4, 0.5) is 0 Å². The molecule has 0 aliphatic rings. The molecule has 18 heavy (non-hydrogen) atoms. The second-order valence-electron chi connectivity index (χ2n) is 3.65. The quantitative estimate of drug-likeness (QED) is 0.575. The Labute approximate surface area is 125 Å². The molecule has 0 bridgehead atoms. The van der Waals surface area contributed by atoms with Gasteiger partial charge in [-0.15, -0.1) is 11.3 Å². The van der Waals surface area contributed by atoms with Crippen molar-refractivity contribution in [3.8, 4) is 22.0 Å². The topological polar surface area (TPSA) is 26.0 Å². The van der Waals surface area contributed by atoms with Crippen molar-refractivity contribution in [2.45, 2.75) is 0 Å². The van der Waals surface area contributed by atoms with E-state index < -0.39 is 0 Å². The van der Waals surface area contributed by atoms with Gasteiger partial charge >= 0.3 is 0 Å². The molecule has 0 radical (unpaired) electrons. The number of nitrogens with zero attached hydrogens (tertiary/aromatic N) is 1. The molecule has 0 unspecified atom stereocenters. The molecule has 1 aromatic carbocycles. The normalized spacial score (nSPS) is 10.8. The summed E-state index contributed by atoms with van der Waals surface area (Å²) in [4.78, 5) is 4.58. The molecule has 0 saturated heterocycles. The minimum absolute atomic E-state index is 0.718. The molecule has 90 valence electrons. The van der Waals surface area contributed by atoms with Gasteiger partial charge in [0.15, 0.2) is 10.4 Å². The highest BCUT2D eigenvalue weighted by molar-refractivity contribution is 9.10. The smallest absolute Gasteiger partial charge is 0.169 e. The standard InChI is InChI=1S/C13H7Br2NOS/c14-9-3-1-8(2-4-9)13-16-10(7-18-13)11-5-6-12(15)17-11/h1-7H. The van der Waals surface area contributed by atoms with E-state index in [1.54, 1.807) is 11.3 Å². The van der Waals surface area contributed by atoms with E-state index in [-0.39, 0.29) is 0 Å². The Morgan fingerprint density at radius 1 is 1.00 bits per heavy atom. The highest BCUT2D eigenvalue weighted by atomic mass is 79.9. The Kier molecular flexibility index (Phi) is 3.37. The molecular formula is C13H7Br2NOS. The van der Waals surface area contributed by atoms with Crippen molar-refractivity contribution in [2.24, 2.45) is 0 Å². The van der Waals surface area contributed by atoms with Crippen LogP contribution in [0.5, 0.6) is 0 Å². The monoisotopic (exact) mass is 383 g/mol. The Morgan fingerprint density at radius 3 is 2.44 bits per heavy atom. The molecule has 0 spiro atoms. The summed E-state index contributed by atoms with van der Waals surface area (Å²) >= 11 is 8.33. The van der Waals surface area contributed by atoms with E-state index in [1.807, 2.05) is 41.8 Å². The number of rotatable bonds is 2. The Bertz CT molecular complexity index is 672. The molecule has 5 heteroatoms. The summed E-state index contributed by atoms with van der Waals surface area (Å²) in [5, 5.41) is 2.99. The lowest BCUT2D eigenvalue weighted by Gasteiger charge is -1.95. The van der Waals surface area contributed by atoms with E-state index in [9.17, 15) is 0 Å². The third-order valence-electron chi connectivity index (χ3n) is 2.42. The first-order valence-corrected chi connectivity index (χ1v) is 7.66. The van der Waals surface area contributed by atoms with E-state index in [1.165, 1.54) is 0 Å². The van der Waals surface area contributed by atoms with Crippen LogP contribution < -0.4 is 0 Å². The van der Waals surface area contributed by atoms with Gasteiger partial charge in [-0.1, -0.05) is 28.1 Å². The van der Waals surface area contributed by atoms with Gasteiger partial charge < -0.3 is 4.42 Å². The maximum absolute atomic E-state index is 5.49. The first-order valence-electron chi connectivity index (χ1n) is 5.19. The zero-order valence-electron chi connectivity index (χ0n) is 9.06. The number of benzene rings is 1. The van der Waals surface area contributed by atoms with Crippen molar-refractivity contribution in [2.75, 3.05) is 0 Å². The SMILES string of the molecule is Brc1ccc(-c2nc(-c3ccc(Br)o3)cs2)cc1. The Balaban J connectivity index is 1.96. The summed E-state index contributed by atoms with van der Waals surface area (Å²) < 4.78 is 7.28. The number of hydrogen-bond acceptors (Lipinski definition) is 3. The lowest BCUT2D eigenvalue weighted by Crippen LogP contribution is -1.77. The summed E-state index contributed by atoms with van der Waals surface area (Å²) in [6.07, 6.45) is 0. The zero-order chi connectivity index (χ0) is 12.5. The highest BCUT2D eigenvalue weighted by Crippen LogP contribution is 2.31. The van der Waals surface area contributed by atoms with Crippen molar-refractivity contribution in [3.63, 3.8) is 0 Å². The van der Waals surface area contributed by atoms with Crippen molar-refractivity contribution < 1.29 is 4.42 Å². The highest BCUT2D eigenvalue weighted by Gasteiger charge is 2.09. The number of hydrogen-bond donors (Lipinski definition) is 0. The first-order chi connectivity index (χ1) is 8.72. The van der Waals surface area contributed by atoms with Crippen LogP contribution in [-0.2, 0) is 0 Å². The predicted molar refractivity (Wildman–Crippen MR) is 80.7 cm³/mol. The van der Waals surface area contributed by atoms with Gasteiger partial charge in [0.25, 0.3) is 0 Å². The van der Waals surface area contributed by atoms with Crippen molar-refractivity contribution in [1.82, 2.24) is 4.98 Å². The van der Waals surface area contributed by atoms with Crippen molar-refractivity contribution >= 4 is 43.2 Å². The van der Waals surface area contributed by atoms with Gasteiger partial charge in [-0.25, -0.2) is 4.98 Å². The van der Waals surface area contributed by atoms with Crippen molar-refractivity contribution in [1.29, 1.82) is 0 Å². The Morgan fingerprint density at radius 2 is 1.78 bits per heavy atom. The summed E-state index contributed by atoms with van der Waals surface area (Å²) in [5.41, 5.74) is 1.98. The second-order valence-corrected chi connectivity index (χ2v) is 6.20. The van der Waals surface area contributed by atoms with E-state index in [4.69, 9.17) is 4.42 Å². The van der Waals surface area contributed by atoms with Crippen LogP contribution in [0.25, 0.3) is 22.0 Å². The zero-order valence-corrected chi connectivity index (χ0v) is 13.0. The van der Waals surface area contributed by atoms with E-state index in [2.05, 4.69) is 36.8 Å². The predicted octanol–water partition coefficient (Wildman–Crippen LogP) is 5.60. The first kappa shape index (κ1) is 12.1. The van der Waals surface area contributed by atoms with Crippen molar-refractivity contribution in [3.05, 3.63) is 50.9 Å². The minimum atomic E-state index is 0.718. The summed E-state index contributed by atoms with van der Waals surface area (Å²) in [6.45, 7) is 0. The van der Waals surface area contributed by atoms with Crippen LogP contribution in [0.3, 0.4) is 0 Å². The molecule has 0 atom stereocenters. The molecule has 0 aliphatic carbocycles. The minimum Gasteiger partial charge on any atom is -0.448 e. The molecule has 2 nitrogen and oxygen atoms in total. The van der Waals surface area contributed by atoms with Crippen LogP contribution in [0.1, 0.15) is 0 Å². The van der Waals surface area contributed by atoms with Crippen LogP contribution in [0.15, 0.2) is 55.3 Å².